The van der Waals surface area contributed by atoms with Crippen LogP contribution in [0.3, 0.4) is 0 Å². The SMILES string of the molecule is CC(=O)O[C@@H]1[C@@H](OC(C)=O)[C@@H](O)[C@H](O[C@H]2[C@H](OC(C)=O)[C@]3(CO)C(=O)C[C@]4(C)C(=CC[C@@H]5[C@@]6(C)CC[C@H](O[C@@H]7O[C@H](CO)[C@@H](O)[C@H](O)[C@H]7O[C@@H]7O[C@H](CO)[C@@H](O)[C@H](O)[C@H]7O[C@@H]7O[C@H](CO)[C@@H](O)[C@H](O)[C@H]7O)C(C)(C)[C@@H]6CC[C@]54C)[C@@H]3CC2(C)C)O[C@H]1C. The Morgan fingerprint density at radius 2 is 1.06 bits per heavy atom. The molecule has 496 valence electrons. The lowest BCUT2D eigenvalue weighted by Gasteiger charge is -2.71. The largest absolute Gasteiger partial charge is 0.459 e. The summed E-state index contributed by atoms with van der Waals surface area (Å²) in [6.45, 7) is 16.5. The van der Waals surface area contributed by atoms with Crippen LogP contribution >= 0.6 is 0 Å². The molecule has 27 heteroatoms. The minimum absolute atomic E-state index is 0.0277. The number of aliphatic hydroxyl groups excluding tert-OH is 12. The molecule has 0 aromatic rings. The smallest absolute Gasteiger partial charge is 0.303 e. The molecule has 0 spiro atoms. The number of ketones is 1. The second kappa shape index (κ2) is 25.1. The third kappa shape index (κ3) is 11.5. The first-order valence-corrected chi connectivity index (χ1v) is 30.5. The lowest BCUT2D eigenvalue weighted by Crippen LogP contribution is -2.72. The monoisotopic (exact) mass is 1250 g/mol. The van der Waals surface area contributed by atoms with Crippen LogP contribution in [0.25, 0.3) is 0 Å². The van der Waals surface area contributed by atoms with Crippen molar-refractivity contribution in [3.63, 3.8) is 0 Å². The predicted molar refractivity (Wildman–Crippen MR) is 293 cm³/mol. The highest BCUT2D eigenvalue weighted by atomic mass is 16.8. The van der Waals surface area contributed by atoms with Crippen molar-refractivity contribution in [1.82, 2.24) is 0 Å². The zero-order chi connectivity index (χ0) is 64.2. The second-order valence-corrected chi connectivity index (χ2v) is 28.1. The Labute approximate surface area is 505 Å². The van der Waals surface area contributed by atoms with Gasteiger partial charge in [0.25, 0.3) is 0 Å². The average molecular weight is 1250 g/mol. The quantitative estimate of drug-likeness (QED) is 0.0376. The minimum atomic E-state index is -1.97. The topological polar surface area (TPSA) is 413 Å². The molecule has 0 bridgehead atoms. The van der Waals surface area contributed by atoms with Gasteiger partial charge in [-0.2, -0.15) is 0 Å². The summed E-state index contributed by atoms with van der Waals surface area (Å²) in [4.78, 5) is 53.5. The standard InChI is InChI=1S/C60H94O27/c1-24-45(78-25(2)65)46(79-26(3)66)44(76)52(77-24)87-49-50(80-27(4)67)60(23-64)29(18-55(49,5)6)28-12-13-34-57(9)16-15-36(56(7,8)33(57)14-17-58(34,10)59(28,11)19-35(60)68)84-53-47(41(73)38(70)31(21-62)82-53)86-54-48(42(74)39(71)32(22-63)83-54)85-51-43(75)40(72)37(69)30(20-61)81-51/h12,24,29-34,36-54,61-64,69-76H,13-23H2,1-11H3/t24-,29-,30+,31+,32+,33-,34+,36-,37+,38+,39+,40-,41-,42-,43+,44+,45-,46-,47+,48+,49-,50-,51-,52-,53-,54-,57-,58+,59+,60-/m0/s1. The number of carbonyl (C=O) groups excluding carboxylic acids is 4. The molecule has 27 nitrogen and oxygen atoms in total. The summed E-state index contributed by atoms with van der Waals surface area (Å²) in [6.07, 6.45) is -31.1. The molecule has 5 aliphatic carbocycles. The van der Waals surface area contributed by atoms with E-state index in [1.54, 1.807) is 6.92 Å². The normalized spacial score (nSPS) is 50.2. The molecule has 0 amide bonds. The van der Waals surface area contributed by atoms with Crippen molar-refractivity contribution >= 4 is 23.7 Å². The number of Topliss-reactive ketones (excluding diaryl/α,β-unsaturated/α-hetero) is 1. The zero-order valence-electron chi connectivity index (χ0n) is 51.4. The van der Waals surface area contributed by atoms with Gasteiger partial charge in [-0.1, -0.05) is 60.1 Å². The van der Waals surface area contributed by atoms with E-state index in [9.17, 15) is 75.7 Å². The van der Waals surface area contributed by atoms with Crippen molar-refractivity contribution in [2.75, 3.05) is 26.4 Å². The van der Waals surface area contributed by atoms with Crippen LogP contribution in [0.1, 0.15) is 121 Å². The first-order chi connectivity index (χ1) is 40.6. The minimum Gasteiger partial charge on any atom is -0.459 e. The molecule has 8 fully saturated rings. The summed E-state index contributed by atoms with van der Waals surface area (Å²) < 4.78 is 66.7. The van der Waals surface area contributed by atoms with Gasteiger partial charge in [0.05, 0.1) is 44.1 Å². The van der Waals surface area contributed by atoms with Gasteiger partial charge < -0.3 is 113 Å². The maximum Gasteiger partial charge on any atom is 0.303 e. The highest BCUT2D eigenvalue weighted by Gasteiger charge is 2.74. The Balaban J connectivity index is 0.984. The molecule has 0 unspecified atom stereocenters. The summed E-state index contributed by atoms with van der Waals surface area (Å²) in [6, 6.07) is 0. The van der Waals surface area contributed by atoms with Gasteiger partial charge in [0, 0.05) is 32.6 Å². The van der Waals surface area contributed by atoms with Crippen LogP contribution in [0.2, 0.25) is 0 Å². The molecular formula is C60H94O27. The van der Waals surface area contributed by atoms with E-state index in [0.29, 0.717) is 32.1 Å². The summed E-state index contributed by atoms with van der Waals surface area (Å²) in [5.74, 6) is -3.30. The Morgan fingerprint density at radius 3 is 1.60 bits per heavy atom. The van der Waals surface area contributed by atoms with Crippen LogP contribution < -0.4 is 0 Å². The third-order valence-corrected chi connectivity index (χ3v) is 22.3. The van der Waals surface area contributed by atoms with Gasteiger partial charge in [0.2, 0.25) is 0 Å². The van der Waals surface area contributed by atoms with Crippen LogP contribution in [-0.2, 0) is 71.3 Å². The summed E-state index contributed by atoms with van der Waals surface area (Å²) in [5, 5.41) is 131. The maximum atomic E-state index is 15.7. The number of fused-ring (bicyclic) bond motifs is 7. The fourth-order valence-electron chi connectivity index (χ4n) is 17.6. The van der Waals surface area contributed by atoms with Crippen molar-refractivity contribution in [2.24, 2.45) is 50.2 Å². The molecular weight excluding hydrogens is 1150 g/mol. The molecule has 0 radical (unpaired) electrons. The number of ether oxygens (including phenoxy) is 11. The predicted octanol–water partition coefficient (Wildman–Crippen LogP) is -1.70. The molecule has 12 N–H and O–H groups in total. The van der Waals surface area contributed by atoms with Gasteiger partial charge in [-0.15, -0.1) is 0 Å². The van der Waals surface area contributed by atoms with E-state index in [1.807, 2.05) is 13.8 Å². The summed E-state index contributed by atoms with van der Waals surface area (Å²) in [5.41, 5.74) is -4.13. The Morgan fingerprint density at radius 1 is 0.552 bits per heavy atom. The van der Waals surface area contributed by atoms with Gasteiger partial charge in [0.15, 0.2) is 37.4 Å². The fraction of sp³-hybridized carbons (Fsp3) is 0.900. The molecule has 9 rings (SSSR count). The molecule has 0 aromatic heterocycles. The molecule has 4 aliphatic heterocycles. The van der Waals surface area contributed by atoms with E-state index in [4.69, 9.17) is 52.1 Å². The fourth-order valence-corrected chi connectivity index (χ4v) is 17.6. The number of hydrogen-bond donors (Lipinski definition) is 12. The van der Waals surface area contributed by atoms with Crippen molar-refractivity contribution in [1.29, 1.82) is 0 Å². The molecule has 4 heterocycles. The second-order valence-electron chi connectivity index (χ2n) is 28.1. The number of hydrogen-bond acceptors (Lipinski definition) is 27. The number of aliphatic hydroxyl groups is 12. The van der Waals surface area contributed by atoms with Gasteiger partial charge >= 0.3 is 17.9 Å². The molecule has 9 aliphatic rings. The van der Waals surface area contributed by atoms with E-state index in [2.05, 4.69) is 40.7 Å². The van der Waals surface area contributed by atoms with Gasteiger partial charge in [0.1, 0.15) is 97.3 Å². The number of rotatable bonds is 15. The highest BCUT2D eigenvalue weighted by Crippen LogP contribution is 2.76. The van der Waals surface area contributed by atoms with E-state index in [1.165, 1.54) is 6.92 Å². The number of allylic oxidation sites excluding steroid dienone is 2. The summed E-state index contributed by atoms with van der Waals surface area (Å²) in [7, 11) is 0. The lowest BCUT2D eigenvalue weighted by atomic mass is 9.33. The summed E-state index contributed by atoms with van der Waals surface area (Å²) >= 11 is 0. The van der Waals surface area contributed by atoms with E-state index < -0.39 is 224 Å². The Kier molecular flexibility index (Phi) is 19.8. The maximum absolute atomic E-state index is 15.7. The Hall–Kier alpha value is -2.98. The van der Waals surface area contributed by atoms with Gasteiger partial charge in [-0.05, 0) is 84.9 Å². The highest BCUT2D eigenvalue weighted by molar-refractivity contribution is 5.90. The van der Waals surface area contributed by atoms with Crippen LogP contribution in [0, 0.1) is 50.2 Å². The van der Waals surface area contributed by atoms with Gasteiger partial charge in [-0.3, -0.25) is 19.2 Å². The van der Waals surface area contributed by atoms with Crippen LogP contribution in [0.5, 0.6) is 0 Å². The molecule has 4 saturated heterocycles. The van der Waals surface area contributed by atoms with Crippen molar-refractivity contribution < 1.29 is 133 Å². The van der Waals surface area contributed by atoms with Crippen molar-refractivity contribution in [2.45, 2.75) is 262 Å². The van der Waals surface area contributed by atoms with E-state index in [0.717, 1.165) is 19.4 Å². The lowest BCUT2D eigenvalue weighted by molar-refractivity contribution is -0.398. The van der Waals surface area contributed by atoms with Crippen molar-refractivity contribution in [3.8, 4) is 0 Å². The zero-order valence-corrected chi connectivity index (χ0v) is 51.4. The first-order valence-electron chi connectivity index (χ1n) is 30.5. The van der Waals surface area contributed by atoms with E-state index in [-0.39, 0.29) is 30.5 Å². The Bertz CT molecular complexity index is 2530. The third-order valence-electron chi connectivity index (χ3n) is 22.3. The van der Waals surface area contributed by atoms with Crippen molar-refractivity contribution in [3.05, 3.63) is 11.6 Å². The molecule has 30 atom stereocenters. The number of esters is 3. The van der Waals surface area contributed by atoms with E-state index >= 15 is 4.79 Å². The van der Waals surface area contributed by atoms with Crippen LogP contribution in [0.15, 0.2) is 11.6 Å². The average Bonchev–Trinajstić information content (AvgIpc) is 0.726. The van der Waals surface area contributed by atoms with Crippen LogP contribution in [0.4, 0.5) is 0 Å². The number of carbonyl (C=O) groups is 4. The molecule has 0 aromatic carbocycles. The first kappa shape index (κ1) is 68.4. The van der Waals surface area contributed by atoms with Crippen LogP contribution in [-0.4, -0.2) is 253 Å². The van der Waals surface area contributed by atoms with Gasteiger partial charge in [-0.25, -0.2) is 0 Å². The molecule has 4 saturated carbocycles. The molecule has 87 heavy (non-hydrogen) atoms.